The van der Waals surface area contributed by atoms with Crippen LogP contribution in [0.15, 0.2) is 47.6 Å². The van der Waals surface area contributed by atoms with E-state index in [9.17, 15) is 4.79 Å². The number of ether oxygens (including phenoxy) is 2. The smallest absolute Gasteiger partial charge is 0.232 e. The van der Waals surface area contributed by atoms with Crippen molar-refractivity contribution in [3.8, 4) is 17.2 Å². The minimum atomic E-state index is -0.209. The van der Waals surface area contributed by atoms with E-state index in [1.165, 1.54) is 17.3 Å². The predicted octanol–water partition coefficient (Wildman–Crippen LogP) is 2.67. The summed E-state index contributed by atoms with van der Waals surface area (Å²) in [5, 5.41) is 12.5. The third-order valence-corrected chi connectivity index (χ3v) is 5.88. The average molecular weight is 426 g/mol. The number of fused-ring (bicyclic) bond motifs is 1. The largest absolute Gasteiger partial charge is 0.486 e. The summed E-state index contributed by atoms with van der Waals surface area (Å²) in [6.07, 6.45) is -0.209. The third kappa shape index (κ3) is 4.40. The van der Waals surface area contributed by atoms with Crippen LogP contribution < -0.4 is 9.47 Å². The van der Waals surface area contributed by atoms with Gasteiger partial charge in [0.1, 0.15) is 6.61 Å². The number of carbonyl (C=O) groups is 1. The molecule has 2 heterocycles. The molecule has 0 bridgehead atoms. The number of likely N-dealkylation sites (N-methyl/N-ethyl adjacent to an activating group) is 1. The van der Waals surface area contributed by atoms with E-state index >= 15 is 0 Å². The van der Waals surface area contributed by atoms with Crippen molar-refractivity contribution in [2.75, 3.05) is 26.0 Å². The molecule has 1 amide bonds. The molecule has 1 aromatic heterocycles. The summed E-state index contributed by atoms with van der Waals surface area (Å²) in [5.41, 5.74) is 3.23. The number of aryl methyl sites for hydroxylation is 2. The van der Waals surface area contributed by atoms with E-state index in [0.29, 0.717) is 24.1 Å². The molecule has 0 aliphatic carbocycles. The van der Waals surface area contributed by atoms with Gasteiger partial charge in [-0.1, -0.05) is 30.0 Å². The van der Waals surface area contributed by atoms with Gasteiger partial charge in [-0.25, -0.2) is 0 Å². The predicted molar refractivity (Wildman–Crippen MR) is 113 cm³/mol. The highest BCUT2D eigenvalue weighted by molar-refractivity contribution is 7.99. The lowest BCUT2D eigenvalue weighted by molar-refractivity contribution is -0.128. The fraction of sp³-hybridized carbons (Fsp3) is 0.333. The SMILES string of the molecule is Cc1ccc(-n2nnnc2SCC(=O)N(C)CC2COc3ccccc3O2)cc1C. The zero-order chi connectivity index (χ0) is 21.1. The highest BCUT2D eigenvalue weighted by atomic mass is 32.2. The molecule has 1 aliphatic rings. The Bertz CT molecular complexity index is 1050. The number of hydrogen-bond donors (Lipinski definition) is 0. The Morgan fingerprint density at radius 3 is 2.80 bits per heavy atom. The van der Waals surface area contributed by atoms with Gasteiger partial charge in [-0.3, -0.25) is 4.79 Å². The minimum Gasteiger partial charge on any atom is -0.486 e. The molecular weight excluding hydrogens is 402 g/mol. The Balaban J connectivity index is 1.34. The molecule has 9 heteroatoms. The molecule has 0 radical (unpaired) electrons. The first-order valence-corrected chi connectivity index (χ1v) is 10.6. The molecule has 3 aromatic rings. The lowest BCUT2D eigenvalue weighted by Gasteiger charge is -2.29. The number of para-hydroxylation sites is 2. The van der Waals surface area contributed by atoms with Crippen molar-refractivity contribution in [2.45, 2.75) is 25.1 Å². The summed E-state index contributed by atoms with van der Waals surface area (Å²) in [4.78, 5) is 14.3. The third-order valence-electron chi connectivity index (χ3n) is 4.97. The van der Waals surface area contributed by atoms with E-state index in [0.717, 1.165) is 17.0 Å². The van der Waals surface area contributed by atoms with Crippen molar-refractivity contribution < 1.29 is 14.3 Å². The maximum atomic E-state index is 12.6. The van der Waals surface area contributed by atoms with Crippen molar-refractivity contribution in [1.29, 1.82) is 0 Å². The normalized spacial score (nSPS) is 15.1. The summed E-state index contributed by atoms with van der Waals surface area (Å²) in [6, 6.07) is 13.6. The van der Waals surface area contributed by atoms with E-state index in [4.69, 9.17) is 9.47 Å². The number of carbonyl (C=O) groups excluding carboxylic acids is 1. The van der Waals surface area contributed by atoms with Crippen LogP contribution in [0.2, 0.25) is 0 Å². The molecule has 2 aromatic carbocycles. The van der Waals surface area contributed by atoms with Crippen molar-refractivity contribution in [3.63, 3.8) is 0 Å². The second kappa shape index (κ2) is 8.74. The van der Waals surface area contributed by atoms with Crippen molar-refractivity contribution in [3.05, 3.63) is 53.6 Å². The van der Waals surface area contributed by atoms with Crippen molar-refractivity contribution in [2.24, 2.45) is 0 Å². The van der Waals surface area contributed by atoms with Gasteiger partial charge < -0.3 is 14.4 Å². The van der Waals surface area contributed by atoms with E-state index in [1.54, 1.807) is 16.6 Å². The summed E-state index contributed by atoms with van der Waals surface area (Å²) < 4.78 is 13.3. The van der Waals surface area contributed by atoms with Gasteiger partial charge in [0.15, 0.2) is 17.6 Å². The van der Waals surface area contributed by atoms with Crippen LogP contribution in [-0.4, -0.2) is 63.1 Å². The highest BCUT2D eigenvalue weighted by Crippen LogP contribution is 2.31. The van der Waals surface area contributed by atoms with Crippen LogP contribution >= 0.6 is 11.8 Å². The van der Waals surface area contributed by atoms with E-state index in [-0.39, 0.29) is 17.8 Å². The summed E-state index contributed by atoms with van der Waals surface area (Å²) in [6.45, 7) is 4.95. The monoisotopic (exact) mass is 425 g/mol. The first-order chi connectivity index (χ1) is 14.5. The number of rotatable bonds is 6. The fourth-order valence-corrected chi connectivity index (χ4v) is 3.92. The molecule has 0 spiro atoms. The lowest BCUT2D eigenvalue weighted by Crippen LogP contribution is -2.42. The maximum absolute atomic E-state index is 12.6. The van der Waals surface area contributed by atoms with Gasteiger partial charge in [-0.2, -0.15) is 4.68 Å². The quantitative estimate of drug-likeness (QED) is 0.562. The second-order valence-corrected chi connectivity index (χ2v) is 8.14. The first kappa shape index (κ1) is 20.2. The Kier molecular flexibility index (Phi) is 5.89. The molecule has 0 fully saturated rings. The van der Waals surface area contributed by atoms with E-state index < -0.39 is 0 Å². The van der Waals surface area contributed by atoms with Crippen LogP contribution in [0.3, 0.4) is 0 Å². The Hall–Kier alpha value is -3.07. The lowest BCUT2D eigenvalue weighted by atomic mass is 10.1. The van der Waals surface area contributed by atoms with Crippen molar-refractivity contribution >= 4 is 17.7 Å². The van der Waals surface area contributed by atoms with Gasteiger partial charge in [-0.15, -0.1) is 5.10 Å². The molecule has 0 saturated heterocycles. The molecule has 0 saturated carbocycles. The Morgan fingerprint density at radius 1 is 1.20 bits per heavy atom. The topological polar surface area (TPSA) is 82.4 Å². The van der Waals surface area contributed by atoms with E-state index in [2.05, 4.69) is 22.4 Å². The Morgan fingerprint density at radius 2 is 2.00 bits per heavy atom. The van der Waals surface area contributed by atoms with Crippen molar-refractivity contribution in [1.82, 2.24) is 25.1 Å². The zero-order valence-electron chi connectivity index (χ0n) is 17.1. The van der Waals surface area contributed by atoms with Gasteiger partial charge in [0, 0.05) is 7.05 Å². The van der Waals surface area contributed by atoms with Gasteiger partial charge in [-0.05, 0) is 59.7 Å². The number of aromatic nitrogens is 4. The number of hydrogen-bond acceptors (Lipinski definition) is 7. The zero-order valence-corrected chi connectivity index (χ0v) is 17.9. The molecule has 30 heavy (non-hydrogen) atoms. The molecule has 4 rings (SSSR count). The number of benzene rings is 2. The number of amides is 1. The number of tetrazole rings is 1. The molecule has 1 atom stereocenters. The van der Waals surface area contributed by atoms with Crippen LogP contribution in [-0.2, 0) is 4.79 Å². The summed E-state index contributed by atoms with van der Waals surface area (Å²) in [7, 11) is 1.76. The standard InChI is InChI=1S/C21H23N5O3S/c1-14-8-9-16(10-15(14)2)26-21(22-23-24-26)30-13-20(27)25(3)11-17-12-28-18-6-4-5-7-19(18)29-17/h4-10,17H,11-13H2,1-3H3. The van der Waals surface area contributed by atoms with Crippen LogP contribution in [0, 0.1) is 13.8 Å². The summed E-state index contributed by atoms with van der Waals surface area (Å²) >= 11 is 1.31. The molecule has 8 nitrogen and oxygen atoms in total. The molecule has 1 aliphatic heterocycles. The number of thioether (sulfide) groups is 1. The molecule has 0 N–H and O–H groups in total. The van der Waals surface area contributed by atoms with Crippen LogP contribution in [0.4, 0.5) is 0 Å². The molecular formula is C21H23N5O3S. The fourth-order valence-electron chi connectivity index (χ4n) is 3.09. The second-order valence-electron chi connectivity index (χ2n) is 7.20. The average Bonchev–Trinajstić information content (AvgIpc) is 3.22. The maximum Gasteiger partial charge on any atom is 0.232 e. The van der Waals surface area contributed by atoms with Crippen LogP contribution in [0.1, 0.15) is 11.1 Å². The first-order valence-electron chi connectivity index (χ1n) is 9.62. The van der Waals surface area contributed by atoms with Gasteiger partial charge in [0.05, 0.1) is 18.0 Å². The number of nitrogens with zero attached hydrogens (tertiary/aromatic N) is 5. The van der Waals surface area contributed by atoms with E-state index in [1.807, 2.05) is 49.4 Å². The highest BCUT2D eigenvalue weighted by Gasteiger charge is 2.24. The minimum absolute atomic E-state index is 0.0305. The van der Waals surface area contributed by atoms with Crippen LogP contribution in [0.25, 0.3) is 5.69 Å². The van der Waals surface area contributed by atoms with Gasteiger partial charge in [0.25, 0.3) is 0 Å². The van der Waals surface area contributed by atoms with Gasteiger partial charge >= 0.3 is 0 Å². The summed E-state index contributed by atoms with van der Waals surface area (Å²) in [5.74, 6) is 1.64. The molecule has 156 valence electrons. The van der Waals surface area contributed by atoms with Crippen LogP contribution in [0.5, 0.6) is 11.5 Å². The Labute approximate surface area is 179 Å². The molecule has 1 unspecified atom stereocenters. The van der Waals surface area contributed by atoms with Gasteiger partial charge in [0.2, 0.25) is 11.1 Å².